The number of hydrogen-bond acceptors (Lipinski definition) is 7. The molecule has 0 aromatic heterocycles. The largest absolute Gasteiger partial charge is 0.462 e. The average Bonchev–Trinajstić information content (AvgIpc) is 2.57. The van der Waals surface area contributed by atoms with Gasteiger partial charge in [0.2, 0.25) is 0 Å². The van der Waals surface area contributed by atoms with Crippen LogP contribution in [0.1, 0.15) is 31.1 Å². The van der Waals surface area contributed by atoms with Crippen LogP contribution in [0.2, 0.25) is 0 Å². The highest BCUT2D eigenvalue weighted by Gasteiger charge is 2.12. The van der Waals surface area contributed by atoms with Gasteiger partial charge in [0.05, 0.1) is 30.2 Å². The maximum atomic E-state index is 11.8. The Bertz CT molecular complexity index is 662. The summed E-state index contributed by atoms with van der Waals surface area (Å²) in [7, 11) is 0. The van der Waals surface area contributed by atoms with Crippen LogP contribution in [0, 0.1) is 11.3 Å². The monoisotopic (exact) mass is 331 g/mol. The second kappa shape index (κ2) is 9.90. The Morgan fingerprint density at radius 3 is 2.46 bits per heavy atom. The minimum Gasteiger partial charge on any atom is -0.462 e. The molecule has 7 heteroatoms. The standard InChI is InChI=1S/C17H21N3O4/c1-4-19-14-8-7-12(16(21)23-5-2)9-15(14)20-11-13(10-18)17(22)24-6-3/h7-9,11,19-20H,4-6H2,1-3H3/b13-11+. The minimum atomic E-state index is -0.709. The Morgan fingerprint density at radius 2 is 1.88 bits per heavy atom. The SMILES string of the molecule is CCNc1ccc(C(=O)OCC)cc1N/C=C(\C#N)C(=O)OCC. The first kappa shape index (κ1) is 19.0. The number of esters is 2. The normalized spacial score (nSPS) is 10.5. The summed E-state index contributed by atoms with van der Waals surface area (Å²) in [4.78, 5) is 23.5. The molecule has 0 atom stereocenters. The summed E-state index contributed by atoms with van der Waals surface area (Å²) in [6.07, 6.45) is 1.25. The number of nitrogens with one attached hydrogen (secondary N) is 2. The molecule has 0 aliphatic carbocycles. The molecule has 1 aromatic rings. The number of ether oxygens (including phenoxy) is 2. The van der Waals surface area contributed by atoms with Crippen molar-refractivity contribution in [1.82, 2.24) is 0 Å². The molecule has 0 aliphatic heterocycles. The average molecular weight is 331 g/mol. The van der Waals surface area contributed by atoms with Crippen LogP contribution in [0.3, 0.4) is 0 Å². The number of nitrogens with zero attached hydrogens (tertiary/aromatic N) is 1. The molecule has 0 radical (unpaired) electrons. The number of nitriles is 1. The fourth-order valence-electron chi connectivity index (χ4n) is 1.85. The van der Waals surface area contributed by atoms with Gasteiger partial charge in [0.15, 0.2) is 5.57 Å². The summed E-state index contributed by atoms with van der Waals surface area (Å²) in [5.74, 6) is -1.16. The zero-order chi connectivity index (χ0) is 17.9. The van der Waals surface area contributed by atoms with E-state index < -0.39 is 11.9 Å². The van der Waals surface area contributed by atoms with E-state index in [1.165, 1.54) is 6.20 Å². The quantitative estimate of drug-likeness (QED) is 0.429. The van der Waals surface area contributed by atoms with Crippen molar-refractivity contribution >= 4 is 23.3 Å². The van der Waals surface area contributed by atoms with Crippen molar-refractivity contribution in [3.05, 3.63) is 35.5 Å². The first-order valence-electron chi connectivity index (χ1n) is 7.66. The lowest BCUT2D eigenvalue weighted by Crippen LogP contribution is -2.10. The number of carbonyl (C=O) groups excluding carboxylic acids is 2. The molecule has 128 valence electrons. The molecule has 0 bridgehead atoms. The molecule has 1 aromatic carbocycles. The van der Waals surface area contributed by atoms with E-state index in [9.17, 15) is 9.59 Å². The van der Waals surface area contributed by atoms with E-state index in [-0.39, 0.29) is 18.8 Å². The fraction of sp³-hybridized carbons (Fsp3) is 0.353. The molecule has 0 saturated carbocycles. The Balaban J connectivity index is 3.10. The van der Waals surface area contributed by atoms with E-state index in [2.05, 4.69) is 10.6 Å². The highest BCUT2D eigenvalue weighted by molar-refractivity contribution is 5.94. The topological polar surface area (TPSA) is 100 Å². The van der Waals surface area contributed by atoms with Gasteiger partial charge in [-0.3, -0.25) is 0 Å². The van der Waals surface area contributed by atoms with Crippen LogP contribution in [0.4, 0.5) is 11.4 Å². The Kier molecular flexibility index (Phi) is 7.85. The molecule has 1 rings (SSSR count). The van der Waals surface area contributed by atoms with Gasteiger partial charge < -0.3 is 20.1 Å². The lowest BCUT2D eigenvalue weighted by atomic mass is 10.1. The molecule has 0 fully saturated rings. The summed E-state index contributed by atoms with van der Waals surface area (Å²) in [6, 6.07) is 6.73. The number of hydrogen-bond donors (Lipinski definition) is 2. The molecular weight excluding hydrogens is 310 g/mol. The molecule has 0 saturated heterocycles. The summed E-state index contributed by atoms with van der Waals surface area (Å²) in [6.45, 7) is 6.44. The minimum absolute atomic E-state index is 0.166. The summed E-state index contributed by atoms with van der Waals surface area (Å²) >= 11 is 0. The molecule has 0 spiro atoms. The van der Waals surface area contributed by atoms with Gasteiger partial charge >= 0.3 is 11.9 Å². The third-order valence-electron chi connectivity index (χ3n) is 2.89. The van der Waals surface area contributed by atoms with Gasteiger partial charge in [-0.15, -0.1) is 0 Å². The van der Waals surface area contributed by atoms with Gasteiger partial charge in [0.25, 0.3) is 0 Å². The second-order valence-electron chi connectivity index (χ2n) is 4.55. The predicted molar refractivity (Wildman–Crippen MR) is 90.5 cm³/mol. The van der Waals surface area contributed by atoms with E-state index >= 15 is 0 Å². The lowest BCUT2D eigenvalue weighted by Gasteiger charge is -2.12. The van der Waals surface area contributed by atoms with Gasteiger partial charge in [-0.25, -0.2) is 9.59 Å². The molecule has 2 N–H and O–H groups in total. The van der Waals surface area contributed by atoms with E-state index in [0.717, 1.165) is 5.69 Å². The fourth-order valence-corrected chi connectivity index (χ4v) is 1.85. The summed E-state index contributed by atoms with van der Waals surface area (Å²) in [5, 5.41) is 15.0. The van der Waals surface area contributed by atoms with Gasteiger partial charge in [-0.05, 0) is 39.0 Å². The van der Waals surface area contributed by atoms with Gasteiger partial charge in [0, 0.05) is 12.7 Å². The molecule has 24 heavy (non-hydrogen) atoms. The van der Waals surface area contributed by atoms with Crippen LogP contribution in [0.5, 0.6) is 0 Å². The van der Waals surface area contributed by atoms with Crippen molar-refractivity contribution in [2.45, 2.75) is 20.8 Å². The van der Waals surface area contributed by atoms with E-state index in [4.69, 9.17) is 14.7 Å². The maximum Gasteiger partial charge on any atom is 0.350 e. The second-order valence-corrected chi connectivity index (χ2v) is 4.55. The summed E-state index contributed by atoms with van der Waals surface area (Å²) < 4.78 is 9.77. The van der Waals surface area contributed by atoms with Crippen molar-refractivity contribution in [3.8, 4) is 6.07 Å². The zero-order valence-corrected chi connectivity index (χ0v) is 14.0. The van der Waals surface area contributed by atoms with Crippen molar-refractivity contribution in [3.63, 3.8) is 0 Å². The van der Waals surface area contributed by atoms with Crippen molar-refractivity contribution in [1.29, 1.82) is 5.26 Å². The molecule has 0 aliphatic rings. The van der Waals surface area contributed by atoms with Crippen molar-refractivity contribution < 1.29 is 19.1 Å². The first-order valence-corrected chi connectivity index (χ1v) is 7.66. The molecule has 0 amide bonds. The van der Waals surface area contributed by atoms with E-state index in [1.807, 2.05) is 6.92 Å². The third-order valence-corrected chi connectivity index (χ3v) is 2.89. The highest BCUT2D eigenvalue weighted by Crippen LogP contribution is 2.24. The number of benzene rings is 1. The van der Waals surface area contributed by atoms with Gasteiger partial charge in [0.1, 0.15) is 6.07 Å². The van der Waals surface area contributed by atoms with Gasteiger partial charge in [-0.2, -0.15) is 5.26 Å². The Labute approximate surface area is 141 Å². The van der Waals surface area contributed by atoms with Crippen molar-refractivity contribution in [2.24, 2.45) is 0 Å². The molecule has 0 unspecified atom stereocenters. The number of carbonyl (C=O) groups is 2. The van der Waals surface area contributed by atoms with Crippen molar-refractivity contribution in [2.75, 3.05) is 30.4 Å². The predicted octanol–water partition coefficient (Wildman–Crippen LogP) is 2.68. The van der Waals surface area contributed by atoms with E-state index in [1.54, 1.807) is 38.1 Å². The van der Waals surface area contributed by atoms with Crippen LogP contribution in [-0.4, -0.2) is 31.7 Å². The highest BCUT2D eigenvalue weighted by atomic mass is 16.5. The van der Waals surface area contributed by atoms with E-state index in [0.29, 0.717) is 17.8 Å². The van der Waals surface area contributed by atoms with Crippen LogP contribution >= 0.6 is 0 Å². The number of rotatable bonds is 8. The first-order chi connectivity index (χ1) is 11.6. The molecule has 0 heterocycles. The van der Waals surface area contributed by atoms with Crippen LogP contribution in [0.15, 0.2) is 30.0 Å². The maximum absolute atomic E-state index is 11.8. The van der Waals surface area contributed by atoms with Crippen LogP contribution in [-0.2, 0) is 14.3 Å². The zero-order valence-electron chi connectivity index (χ0n) is 14.0. The van der Waals surface area contributed by atoms with Crippen LogP contribution in [0.25, 0.3) is 0 Å². The summed E-state index contributed by atoms with van der Waals surface area (Å²) in [5.41, 5.74) is 1.47. The molecular formula is C17H21N3O4. The third kappa shape index (κ3) is 5.32. The molecule has 7 nitrogen and oxygen atoms in total. The Morgan fingerprint density at radius 1 is 1.17 bits per heavy atom. The smallest absolute Gasteiger partial charge is 0.350 e. The Hall–Kier alpha value is -3.01. The number of anilines is 2. The lowest BCUT2D eigenvalue weighted by molar-refractivity contribution is -0.138. The van der Waals surface area contributed by atoms with Gasteiger partial charge in [-0.1, -0.05) is 0 Å². The van der Waals surface area contributed by atoms with Crippen LogP contribution < -0.4 is 10.6 Å².